The molecule has 0 atom stereocenters. The van der Waals surface area contributed by atoms with Gasteiger partial charge in [-0.1, -0.05) is 41.9 Å². The van der Waals surface area contributed by atoms with Gasteiger partial charge >= 0.3 is 5.76 Å². The summed E-state index contributed by atoms with van der Waals surface area (Å²) >= 11 is 5.97. The molecule has 0 aliphatic carbocycles. The summed E-state index contributed by atoms with van der Waals surface area (Å²) in [5.74, 6) is -0.455. The molecule has 0 amide bonds. The number of piperazine rings is 1. The highest BCUT2D eigenvalue weighted by Gasteiger charge is 2.29. The van der Waals surface area contributed by atoms with Gasteiger partial charge in [0.25, 0.3) is 0 Å². The zero-order valence-electron chi connectivity index (χ0n) is 16.6. The topological polar surface area (TPSA) is 75.8 Å². The smallest absolute Gasteiger partial charge is 0.408 e. The van der Waals surface area contributed by atoms with Crippen LogP contribution in [0.2, 0.25) is 5.02 Å². The average Bonchev–Trinajstić information content (AvgIpc) is 3.07. The van der Waals surface area contributed by atoms with Crippen molar-refractivity contribution in [1.29, 1.82) is 0 Å². The van der Waals surface area contributed by atoms with E-state index in [1.54, 1.807) is 34.9 Å². The van der Waals surface area contributed by atoms with Crippen molar-refractivity contribution < 1.29 is 12.8 Å². The summed E-state index contributed by atoms with van der Waals surface area (Å²) in [4.78, 5) is 14.6. The molecule has 1 aliphatic heterocycles. The molecule has 160 valence electrons. The van der Waals surface area contributed by atoms with Gasteiger partial charge < -0.3 is 4.42 Å². The van der Waals surface area contributed by atoms with Crippen molar-refractivity contribution in [2.24, 2.45) is 0 Å². The molecule has 1 saturated heterocycles. The highest BCUT2D eigenvalue weighted by Crippen LogP contribution is 2.23. The summed E-state index contributed by atoms with van der Waals surface area (Å²) in [7, 11) is -3.58. The van der Waals surface area contributed by atoms with Gasteiger partial charge in [-0.25, -0.2) is 13.2 Å². The highest BCUT2D eigenvalue weighted by molar-refractivity contribution is 7.89. The van der Waals surface area contributed by atoms with E-state index in [2.05, 4.69) is 0 Å². The lowest BCUT2D eigenvalue weighted by atomic mass is 10.1. The van der Waals surface area contributed by atoms with Crippen molar-refractivity contribution in [2.45, 2.75) is 11.6 Å². The molecule has 0 saturated carbocycles. The molecule has 9 heteroatoms. The van der Waals surface area contributed by atoms with Gasteiger partial charge in [0.15, 0.2) is 5.58 Å². The minimum atomic E-state index is -3.58. The minimum absolute atomic E-state index is 0.300. The number of benzene rings is 3. The molecule has 5 rings (SSSR count). The zero-order chi connectivity index (χ0) is 21.6. The van der Waals surface area contributed by atoms with Crippen LogP contribution in [0.1, 0.15) is 0 Å². The predicted octanol–water partition coefficient (Wildman–Crippen LogP) is 3.37. The molecule has 0 N–H and O–H groups in total. The summed E-state index contributed by atoms with van der Waals surface area (Å²) in [6, 6.07) is 18.0. The lowest BCUT2D eigenvalue weighted by Crippen LogP contribution is -2.49. The van der Waals surface area contributed by atoms with Gasteiger partial charge in [-0.3, -0.25) is 9.47 Å². The molecule has 1 aliphatic rings. The third-order valence-corrected chi connectivity index (χ3v) is 7.79. The summed E-state index contributed by atoms with van der Waals surface area (Å²) in [5.41, 5.74) is 1.11. The molecule has 4 aromatic rings. The van der Waals surface area contributed by atoms with Gasteiger partial charge in [-0.15, -0.1) is 0 Å². The first-order valence-corrected chi connectivity index (χ1v) is 11.7. The molecule has 0 unspecified atom stereocenters. The monoisotopic (exact) mass is 457 g/mol. The Morgan fingerprint density at radius 2 is 1.65 bits per heavy atom. The van der Waals surface area contributed by atoms with E-state index in [1.807, 2.05) is 35.2 Å². The van der Waals surface area contributed by atoms with Gasteiger partial charge in [-0.2, -0.15) is 4.31 Å². The van der Waals surface area contributed by atoms with Crippen molar-refractivity contribution in [2.75, 3.05) is 26.2 Å². The molecule has 1 fully saturated rings. The second-order valence-electron chi connectivity index (χ2n) is 7.58. The number of rotatable bonds is 4. The Balaban J connectivity index is 1.32. The van der Waals surface area contributed by atoms with E-state index < -0.39 is 15.8 Å². The quantitative estimate of drug-likeness (QED) is 0.469. The highest BCUT2D eigenvalue weighted by atomic mass is 35.5. The van der Waals surface area contributed by atoms with E-state index in [0.717, 1.165) is 10.8 Å². The maximum atomic E-state index is 13.1. The molecular formula is C22H20ClN3O4S. The van der Waals surface area contributed by atoms with Crippen LogP contribution in [0.5, 0.6) is 0 Å². The van der Waals surface area contributed by atoms with Crippen LogP contribution in [0.15, 0.2) is 74.8 Å². The first kappa shape index (κ1) is 20.3. The Labute approximate surface area is 184 Å². The SMILES string of the molecule is O=c1oc2cc(Cl)ccc2n1CN1CCN(S(=O)(=O)c2ccc3ccccc3c2)CC1. The lowest BCUT2D eigenvalue weighted by Gasteiger charge is -2.33. The molecule has 0 radical (unpaired) electrons. The Morgan fingerprint density at radius 3 is 2.42 bits per heavy atom. The van der Waals surface area contributed by atoms with Crippen molar-refractivity contribution in [3.63, 3.8) is 0 Å². The van der Waals surface area contributed by atoms with Crippen LogP contribution in [-0.4, -0.2) is 48.4 Å². The Kier molecular flexibility index (Phi) is 5.10. The third-order valence-electron chi connectivity index (χ3n) is 5.66. The van der Waals surface area contributed by atoms with E-state index in [0.29, 0.717) is 53.9 Å². The fourth-order valence-electron chi connectivity index (χ4n) is 3.96. The Morgan fingerprint density at radius 1 is 0.903 bits per heavy atom. The molecule has 3 aromatic carbocycles. The number of oxazole rings is 1. The summed E-state index contributed by atoms with van der Waals surface area (Å²) in [6.45, 7) is 2.06. The second kappa shape index (κ2) is 7.80. The predicted molar refractivity (Wildman–Crippen MR) is 120 cm³/mol. The molecule has 1 aromatic heterocycles. The van der Waals surface area contributed by atoms with Crippen LogP contribution in [0, 0.1) is 0 Å². The molecule has 0 spiro atoms. The maximum Gasteiger partial charge on any atom is 0.421 e. The van der Waals surface area contributed by atoms with Crippen molar-refractivity contribution >= 4 is 43.5 Å². The largest absolute Gasteiger partial charge is 0.421 e. The van der Waals surface area contributed by atoms with Crippen LogP contribution in [0.4, 0.5) is 0 Å². The van der Waals surface area contributed by atoms with Crippen LogP contribution in [0.3, 0.4) is 0 Å². The average molecular weight is 458 g/mol. The third kappa shape index (κ3) is 3.76. The minimum Gasteiger partial charge on any atom is -0.408 e. The number of fused-ring (bicyclic) bond motifs is 2. The summed E-state index contributed by atoms with van der Waals surface area (Å²) in [6.07, 6.45) is 0. The van der Waals surface area contributed by atoms with Crippen LogP contribution in [0.25, 0.3) is 21.9 Å². The van der Waals surface area contributed by atoms with Gasteiger partial charge in [0.1, 0.15) is 0 Å². The number of sulfonamides is 1. The van der Waals surface area contributed by atoms with Crippen molar-refractivity contribution in [3.05, 3.63) is 76.2 Å². The lowest BCUT2D eigenvalue weighted by molar-refractivity contribution is 0.150. The molecule has 7 nitrogen and oxygen atoms in total. The molecular weight excluding hydrogens is 438 g/mol. The van der Waals surface area contributed by atoms with Gasteiger partial charge in [-0.05, 0) is 35.0 Å². The number of hydrogen-bond donors (Lipinski definition) is 0. The van der Waals surface area contributed by atoms with Gasteiger partial charge in [0.05, 0.1) is 17.1 Å². The number of hydrogen-bond acceptors (Lipinski definition) is 5. The van der Waals surface area contributed by atoms with E-state index in [9.17, 15) is 13.2 Å². The summed E-state index contributed by atoms with van der Waals surface area (Å²) in [5, 5.41) is 2.40. The fraction of sp³-hybridized carbons (Fsp3) is 0.227. The maximum absolute atomic E-state index is 13.1. The van der Waals surface area contributed by atoms with Crippen molar-refractivity contribution in [3.8, 4) is 0 Å². The van der Waals surface area contributed by atoms with Crippen molar-refractivity contribution in [1.82, 2.24) is 13.8 Å². The van der Waals surface area contributed by atoms with E-state index in [-0.39, 0.29) is 0 Å². The first-order chi connectivity index (χ1) is 14.9. The van der Waals surface area contributed by atoms with Gasteiger partial charge in [0.2, 0.25) is 10.0 Å². The van der Waals surface area contributed by atoms with Crippen LogP contribution in [-0.2, 0) is 16.7 Å². The van der Waals surface area contributed by atoms with E-state index >= 15 is 0 Å². The Bertz CT molecular complexity index is 1440. The number of aromatic nitrogens is 1. The molecule has 0 bridgehead atoms. The normalized spacial score (nSPS) is 16.3. The standard InChI is InChI=1S/C22H20ClN3O4S/c23-18-6-8-20-21(14-18)30-22(27)26(20)15-24-9-11-25(12-10-24)31(28,29)19-7-5-16-3-1-2-4-17(16)13-19/h1-8,13-14H,9-12,15H2. The first-order valence-electron chi connectivity index (χ1n) is 9.92. The van der Waals surface area contributed by atoms with E-state index in [4.69, 9.17) is 16.0 Å². The fourth-order valence-corrected chi connectivity index (χ4v) is 5.58. The molecule has 31 heavy (non-hydrogen) atoms. The zero-order valence-corrected chi connectivity index (χ0v) is 18.1. The van der Waals surface area contributed by atoms with Crippen LogP contribution < -0.4 is 5.76 Å². The second-order valence-corrected chi connectivity index (χ2v) is 9.95. The molecule has 2 heterocycles. The van der Waals surface area contributed by atoms with Crippen LogP contribution >= 0.6 is 11.6 Å². The Hall–Kier alpha value is -2.65. The number of nitrogens with zero attached hydrogens (tertiary/aromatic N) is 3. The van der Waals surface area contributed by atoms with E-state index in [1.165, 1.54) is 4.31 Å². The summed E-state index contributed by atoms with van der Waals surface area (Å²) < 4.78 is 34.6. The van der Waals surface area contributed by atoms with Gasteiger partial charge in [0, 0.05) is 37.3 Å². The number of halogens is 1.